The molecule has 350 valence electrons. The Morgan fingerprint density at radius 3 is 1.34 bits per heavy atom. The van der Waals surface area contributed by atoms with Gasteiger partial charge in [0, 0.05) is 75.5 Å². The summed E-state index contributed by atoms with van der Waals surface area (Å²) in [5, 5.41) is 4.51. The number of halogens is 3. The summed E-state index contributed by atoms with van der Waals surface area (Å²) in [5.41, 5.74) is 0.212. The van der Waals surface area contributed by atoms with Gasteiger partial charge in [0.2, 0.25) is 0 Å². The average Bonchev–Trinajstić information content (AvgIpc) is 3.71. The highest BCUT2D eigenvalue weighted by Gasteiger charge is 2.47. The van der Waals surface area contributed by atoms with E-state index in [1.165, 1.54) is 38.1 Å². The van der Waals surface area contributed by atoms with E-state index in [1.54, 1.807) is 24.8 Å². The highest BCUT2D eigenvalue weighted by Crippen LogP contribution is 2.37. The fraction of sp³-hybridized carbons (Fsp3) is 0.667. The van der Waals surface area contributed by atoms with E-state index in [2.05, 4.69) is 60.7 Å². The first-order valence-corrected chi connectivity index (χ1v) is 22.9. The van der Waals surface area contributed by atoms with Crippen molar-refractivity contribution < 1.29 is 19.0 Å². The largest absolute Gasteiger partial charge is 0.444 e. The molecule has 1 N–H and O–H groups in total. The molecule has 8 aliphatic heterocycles. The van der Waals surface area contributed by atoms with Crippen LogP contribution in [0.2, 0.25) is 15.5 Å². The van der Waals surface area contributed by atoms with Crippen LogP contribution in [0.5, 0.6) is 0 Å². The molecule has 0 aromatic carbocycles. The summed E-state index contributed by atoms with van der Waals surface area (Å²) >= 11 is 16.6. The molecule has 64 heavy (non-hydrogen) atoms. The molecule has 3 aromatic rings. The first-order chi connectivity index (χ1) is 29.9. The summed E-state index contributed by atoms with van der Waals surface area (Å²) < 4.78 is 16.1. The summed E-state index contributed by atoms with van der Waals surface area (Å²) in [7, 11) is 0. The zero-order chi connectivity index (χ0) is 43.4. The minimum atomic E-state index is -0.388. The number of carbonyl (C=O) groups excluding carboxylic acids is 1. The van der Waals surface area contributed by atoms with Crippen LogP contribution < -0.4 is 15.1 Å². The number of carbonyl (C=O) groups is 1. The second-order valence-electron chi connectivity index (χ2n) is 18.1. The summed E-state index contributed by atoms with van der Waals surface area (Å²) in [4.78, 5) is 48.5. The number of nitrogens with one attached hydrogen (secondary N) is 1. The molecule has 0 radical (unpaired) electrons. The van der Waals surface area contributed by atoms with E-state index >= 15 is 0 Å². The number of nitrogens with zero attached hydrogens (tertiary/aromatic N) is 11. The van der Waals surface area contributed by atoms with Crippen LogP contribution in [0.1, 0.15) is 79.8 Å². The highest BCUT2D eigenvalue weighted by molar-refractivity contribution is 6.31. The lowest BCUT2D eigenvalue weighted by Gasteiger charge is -2.47. The maximum absolute atomic E-state index is 12.0. The zero-order valence-electron chi connectivity index (χ0n) is 35.7. The molecule has 6 atom stereocenters. The van der Waals surface area contributed by atoms with Crippen molar-refractivity contribution in [2.75, 3.05) is 75.5 Å². The minimum Gasteiger partial charge on any atom is -0.444 e. The zero-order valence-corrected chi connectivity index (χ0v) is 37.9. The molecule has 0 saturated carbocycles. The van der Waals surface area contributed by atoms with Crippen molar-refractivity contribution in [1.29, 1.82) is 0 Å². The van der Waals surface area contributed by atoms with Gasteiger partial charge in [0.25, 0.3) is 0 Å². The van der Waals surface area contributed by atoms with Gasteiger partial charge < -0.3 is 29.3 Å². The van der Waals surface area contributed by atoms with E-state index in [9.17, 15) is 4.79 Å². The summed E-state index contributed by atoms with van der Waals surface area (Å²) in [5.74, 6) is 4.41. The lowest BCUT2D eigenvalue weighted by atomic mass is 10.1. The Kier molecular flexibility index (Phi) is 17.3. The molecule has 0 spiro atoms. The third-order valence-corrected chi connectivity index (χ3v) is 13.4. The van der Waals surface area contributed by atoms with Gasteiger partial charge in [-0.2, -0.15) is 0 Å². The van der Waals surface area contributed by atoms with Gasteiger partial charge in [-0.15, -0.1) is 6.42 Å². The molecule has 0 aliphatic carbocycles. The fourth-order valence-corrected chi connectivity index (χ4v) is 10.2. The van der Waals surface area contributed by atoms with Crippen LogP contribution in [-0.4, -0.2) is 170 Å². The first kappa shape index (κ1) is 49.8. The second-order valence-corrected chi connectivity index (χ2v) is 19.2. The molecule has 6 bridgehead atoms. The molecule has 11 rings (SSSR count). The molecule has 3 aromatic heterocycles. The van der Waals surface area contributed by atoms with Crippen LogP contribution in [0.15, 0.2) is 37.2 Å². The smallest absolute Gasteiger partial charge is 0.410 e. The Hall–Kier alpha value is -3.66. The van der Waals surface area contributed by atoms with Gasteiger partial charge >= 0.3 is 6.09 Å². The van der Waals surface area contributed by atoms with Crippen LogP contribution in [-0.2, 0) is 14.2 Å². The number of fused-ring (bicyclic) bond motifs is 6. The number of piperazine rings is 3. The van der Waals surface area contributed by atoms with E-state index in [0.29, 0.717) is 69.5 Å². The summed E-state index contributed by atoms with van der Waals surface area (Å²) in [6.07, 6.45) is 22.2. The van der Waals surface area contributed by atoms with Crippen molar-refractivity contribution in [1.82, 2.24) is 49.9 Å². The number of anilines is 2. The van der Waals surface area contributed by atoms with Crippen molar-refractivity contribution in [3.63, 3.8) is 0 Å². The van der Waals surface area contributed by atoms with Gasteiger partial charge in [0.15, 0.2) is 0 Å². The third kappa shape index (κ3) is 12.0. The third-order valence-electron chi connectivity index (χ3n) is 12.8. The SMILES string of the molecule is C.C.C#Cc1cnc(N2CC3CCC(C2)N3C2COC2)cn1.CC(C)(C)OC(=O)N1C2CCC1CNC2.Clc1cnc(Cl)cn1.Clc1cnc(N2CC3CCC(C2)N3C2COC2)cn1. The van der Waals surface area contributed by atoms with Gasteiger partial charge in [-0.3, -0.25) is 14.7 Å². The molecular weight excluding hydrogens is 879 g/mol. The molecule has 8 saturated heterocycles. The number of terminal acetylenes is 1. The Bertz CT molecular complexity index is 1920. The fourth-order valence-electron chi connectivity index (χ4n) is 9.94. The number of aromatic nitrogens is 6. The molecule has 8 aliphatic rings. The molecule has 16 nitrogen and oxygen atoms in total. The number of ether oxygens (including phenoxy) is 3. The van der Waals surface area contributed by atoms with Crippen molar-refractivity contribution in [2.24, 2.45) is 0 Å². The lowest BCUT2D eigenvalue weighted by molar-refractivity contribution is -0.0850. The minimum absolute atomic E-state index is 0. The van der Waals surface area contributed by atoms with E-state index < -0.39 is 0 Å². The standard InChI is InChI=1S/C15H18N4O.C13H17ClN4O.C11H20N2O2.C4H2Cl2N2.2CH4/c1-2-11-5-17-15(6-16-11)18-7-12-3-4-13(8-18)19(12)14-9-20-10-14;14-12-3-16-13(4-15-12)17-5-9-1-2-10(6-17)18(9)11-7-19-8-11;1-11(2,3)15-10(14)13-8-4-5-9(13)7-12-6-8;5-3-1-7-4(6)2-8-3;;/h1,5-6,12-14H,3-4,7-10H2;3-4,9-11H,1-2,5-8H2;8-9,12H,4-7H2,1-3H3;1-2H;2*1H4. The molecule has 19 heteroatoms. The number of hydrogen-bond donors (Lipinski definition) is 1. The molecule has 8 fully saturated rings. The quantitative estimate of drug-likeness (QED) is 0.300. The van der Waals surface area contributed by atoms with E-state index in [0.717, 1.165) is 90.2 Å². The van der Waals surface area contributed by atoms with Gasteiger partial charge in [-0.25, -0.2) is 34.7 Å². The predicted molar refractivity (Wildman–Crippen MR) is 251 cm³/mol. The summed E-state index contributed by atoms with van der Waals surface area (Å²) in [6.45, 7) is 15.4. The van der Waals surface area contributed by atoms with E-state index in [1.807, 2.05) is 25.7 Å². The van der Waals surface area contributed by atoms with Crippen LogP contribution >= 0.6 is 34.8 Å². The Balaban J connectivity index is 0.000000146. The van der Waals surface area contributed by atoms with Gasteiger partial charge in [0.1, 0.15) is 38.4 Å². The Labute approximate surface area is 394 Å². The maximum Gasteiger partial charge on any atom is 0.410 e. The van der Waals surface area contributed by atoms with Crippen LogP contribution in [0.3, 0.4) is 0 Å². The van der Waals surface area contributed by atoms with Crippen molar-refractivity contribution in [3.05, 3.63) is 58.3 Å². The van der Waals surface area contributed by atoms with Crippen LogP contribution in [0.4, 0.5) is 16.4 Å². The van der Waals surface area contributed by atoms with Crippen LogP contribution in [0, 0.1) is 12.3 Å². The topological polar surface area (TPSA) is 150 Å². The average molecular weight is 944 g/mol. The number of hydrogen-bond acceptors (Lipinski definition) is 15. The molecular formula is C45H65Cl3N12O4. The van der Waals surface area contributed by atoms with E-state index in [4.69, 9.17) is 55.4 Å². The normalized spacial score (nSPS) is 27.0. The van der Waals surface area contributed by atoms with E-state index in [-0.39, 0.29) is 26.5 Å². The van der Waals surface area contributed by atoms with Crippen molar-refractivity contribution in [2.45, 2.75) is 128 Å². The second kappa shape index (κ2) is 22.2. The monoisotopic (exact) mass is 942 g/mol. The maximum atomic E-state index is 12.0. The molecule has 6 unspecified atom stereocenters. The van der Waals surface area contributed by atoms with Crippen molar-refractivity contribution in [3.8, 4) is 12.3 Å². The van der Waals surface area contributed by atoms with Gasteiger partial charge in [0.05, 0.1) is 75.7 Å². The van der Waals surface area contributed by atoms with Gasteiger partial charge in [-0.05, 0) is 65.2 Å². The van der Waals surface area contributed by atoms with Crippen LogP contribution in [0.25, 0.3) is 0 Å². The lowest BCUT2D eigenvalue weighted by Crippen LogP contribution is -2.62. The molecule has 1 amide bonds. The van der Waals surface area contributed by atoms with Crippen molar-refractivity contribution >= 4 is 52.5 Å². The first-order valence-electron chi connectivity index (χ1n) is 21.7. The summed E-state index contributed by atoms with van der Waals surface area (Å²) in [6, 6.07) is 4.54. The molecule has 11 heterocycles. The number of rotatable bonds is 4. The van der Waals surface area contributed by atoms with Gasteiger partial charge in [-0.1, -0.05) is 49.7 Å². The predicted octanol–water partition coefficient (Wildman–Crippen LogP) is 6.10. The number of amides is 1. The Morgan fingerprint density at radius 2 is 1.02 bits per heavy atom. The Morgan fingerprint density at radius 1 is 0.625 bits per heavy atom. The highest BCUT2D eigenvalue weighted by atomic mass is 35.5.